The number of benzene rings is 5. The predicted octanol–water partition coefficient (Wildman–Crippen LogP) is 9.06. The van der Waals surface area contributed by atoms with E-state index < -0.39 is 0 Å². The highest BCUT2D eigenvalue weighted by atomic mass is 15.3. The molecule has 0 spiro atoms. The van der Waals surface area contributed by atoms with E-state index in [4.69, 9.17) is 0 Å². The van der Waals surface area contributed by atoms with Gasteiger partial charge >= 0.3 is 0 Å². The van der Waals surface area contributed by atoms with Crippen LogP contribution >= 0.6 is 0 Å². The second-order valence-electron chi connectivity index (χ2n) is 13.2. The van der Waals surface area contributed by atoms with Gasteiger partial charge in [-0.15, -0.1) is 0 Å². The number of anilines is 3. The largest absolute Gasteiger partial charge is 0.297 e. The van der Waals surface area contributed by atoms with E-state index in [1.165, 1.54) is 78.1 Å². The smallest absolute Gasteiger partial charge is 0.226 e. The molecule has 2 aliphatic heterocycles. The first-order valence-electron chi connectivity index (χ1n) is 15.9. The van der Waals surface area contributed by atoms with Crippen LogP contribution in [0.1, 0.15) is 37.0 Å². The van der Waals surface area contributed by atoms with Gasteiger partial charge in [0.2, 0.25) is 6.71 Å². The first-order chi connectivity index (χ1) is 21.6. The van der Waals surface area contributed by atoms with Crippen molar-refractivity contribution in [3.05, 3.63) is 150 Å². The van der Waals surface area contributed by atoms with Crippen molar-refractivity contribution in [3.8, 4) is 16.8 Å². The molecule has 2 nitrogen and oxygen atoms in total. The summed E-state index contributed by atoms with van der Waals surface area (Å²) in [6.45, 7) is 5.07. The van der Waals surface area contributed by atoms with Gasteiger partial charge in [0.25, 0.3) is 0 Å². The molecule has 1 unspecified atom stereocenters. The zero-order valence-corrected chi connectivity index (χ0v) is 25.0. The first-order valence-corrected chi connectivity index (χ1v) is 15.9. The average Bonchev–Trinajstić information content (AvgIpc) is 3.67. The van der Waals surface area contributed by atoms with Crippen LogP contribution in [0, 0.1) is 0 Å². The highest BCUT2D eigenvalue weighted by molar-refractivity contribution is 6.94. The molecule has 3 heterocycles. The Bertz CT molecular complexity index is 2240. The van der Waals surface area contributed by atoms with E-state index in [0.717, 1.165) is 6.42 Å². The lowest BCUT2D eigenvalue weighted by molar-refractivity contribution is 0.661. The van der Waals surface area contributed by atoms with Crippen LogP contribution in [-0.2, 0) is 5.41 Å². The van der Waals surface area contributed by atoms with Crippen LogP contribution in [0.4, 0.5) is 17.2 Å². The van der Waals surface area contributed by atoms with Crippen LogP contribution in [0.25, 0.3) is 33.3 Å². The molecule has 3 heteroatoms. The zero-order valence-electron chi connectivity index (χ0n) is 25.0. The van der Waals surface area contributed by atoms with Crippen molar-refractivity contribution in [2.75, 3.05) is 4.90 Å². The highest BCUT2D eigenvalue weighted by Crippen LogP contribution is 2.55. The quantitative estimate of drug-likeness (QED) is 0.191. The molecule has 4 aliphatic rings. The fourth-order valence-electron chi connectivity index (χ4n) is 9.01. The summed E-state index contributed by atoms with van der Waals surface area (Å²) in [6.07, 6.45) is 8.07. The van der Waals surface area contributed by atoms with Gasteiger partial charge in [-0.1, -0.05) is 117 Å². The molecule has 1 aromatic heterocycles. The summed E-state index contributed by atoms with van der Waals surface area (Å²) in [4.78, 5) is 2.56. The lowest BCUT2D eigenvalue weighted by atomic mass is 9.34. The van der Waals surface area contributed by atoms with Crippen molar-refractivity contribution in [1.82, 2.24) is 4.57 Å². The summed E-state index contributed by atoms with van der Waals surface area (Å²) in [7, 11) is 0. The van der Waals surface area contributed by atoms with Crippen molar-refractivity contribution in [1.29, 1.82) is 0 Å². The van der Waals surface area contributed by atoms with E-state index in [9.17, 15) is 0 Å². The Balaban J connectivity index is 1.43. The molecule has 0 radical (unpaired) electrons. The summed E-state index contributed by atoms with van der Waals surface area (Å²) in [5.74, 6) is 1.71. The van der Waals surface area contributed by atoms with Crippen LogP contribution in [0.3, 0.4) is 0 Å². The third kappa shape index (κ3) is 2.92. The summed E-state index contributed by atoms with van der Waals surface area (Å²) in [5, 5.41) is 1.37. The zero-order chi connectivity index (χ0) is 29.2. The molecule has 10 rings (SSSR count). The molecular formula is C41H31BN2. The Labute approximate surface area is 258 Å². The molecular weight excluding hydrogens is 531 g/mol. The molecule has 44 heavy (non-hydrogen) atoms. The molecule has 5 aromatic carbocycles. The maximum Gasteiger partial charge on any atom is 0.226 e. The summed E-state index contributed by atoms with van der Waals surface area (Å²) in [6, 6.07) is 43.0. The van der Waals surface area contributed by atoms with Gasteiger partial charge in [0, 0.05) is 28.0 Å². The van der Waals surface area contributed by atoms with Crippen molar-refractivity contribution >= 4 is 51.3 Å². The standard InChI is InChI=1S/C41H31BN2/c1-41(2)32-21-11-9-19-30(32)36-33(41)25-24-31-38-40(44(39(31)36)27-16-7-4-8-17-27)43(26-14-5-3-6-15-26)35-23-13-20-29-28-18-10-12-22-34(28)42(38)37(29)35/h3-21,23-25,34H,22H2,1-2H3. The highest BCUT2D eigenvalue weighted by Gasteiger charge is 2.50. The summed E-state index contributed by atoms with van der Waals surface area (Å²) < 4.78 is 2.60. The van der Waals surface area contributed by atoms with Crippen molar-refractivity contribution in [2.24, 2.45) is 0 Å². The fraction of sp³-hybridized carbons (Fsp3) is 0.122. The number of allylic oxidation sites excluding steroid dienone is 4. The van der Waals surface area contributed by atoms with Crippen LogP contribution < -0.4 is 15.8 Å². The van der Waals surface area contributed by atoms with Crippen molar-refractivity contribution < 1.29 is 0 Å². The average molecular weight is 563 g/mol. The minimum atomic E-state index is -0.0703. The molecule has 0 N–H and O–H groups in total. The second kappa shape index (κ2) is 8.54. The van der Waals surface area contributed by atoms with E-state index in [2.05, 4.69) is 157 Å². The Hall–Kier alpha value is -5.02. The normalized spacial score (nSPS) is 18.0. The molecule has 0 saturated heterocycles. The number of rotatable bonds is 2. The third-order valence-corrected chi connectivity index (χ3v) is 10.8. The summed E-state index contributed by atoms with van der Waals surface area (Å²) in [5.41, 5.74) is 16.4. The van der Waals surface area contributed by atoms with Gasteiger partial charge in [-0.25, -0.2) is 0 Å². The van der Waals surface area contributed by atoms with Gasteiger partial charge in [-0.3, -0.25) is 9.47 Å². The Kier molecular flexibility index (Phi) is 4.74. The maximum atomic E-state index is 2.60. The number of hydrogen-bond acceptors (Lipinski definition) is 1. The van der Waals surface area contributed by atoms with E-state index >= 15 is 0 Å². The number of hydrogen-bond donors (Lipinski definition) is 0. The van der Waals surface area contributed by atoms with Crippen LogP contribution in [0.5, 0.6) is 0 Å². The minimum Gasteiger partial charge on any atom is -0.297 e. The number of para-hydroxylation sites is 2. The van der Waals surface area contributed by atoms with Crippen molar-refractivity contribution in [3.63, 3.8) is 0 Å². The Morgan fingerprint density at radius 1 is 0.682 bits per heavy atom. The lowest BCUT2D eigenvalue weighted by Crippen LogP contribution is -2.50. The summed E-state index contributed by atoms with van der Waals surface area (Å²) >= 11 is 0. The second-order valence-corrected chi connectivity index (χ2v) is 13.2. The predicted molar refractivity (Wildman–Crippen MR) is 186 cm³/mol. The number of nitrogens with zero attached hydrogens (tertiary/aromatic N) is 2. The van der Waals surface area contributed by atoms with Crippen LogP contribution in [-0.4, -0.2) is 11.3 Å². The van der Waals surface area contributed by atoms with Gasteiger partial charge < -0.3 is 0 Å². The molecule has 0 amide bonds. The minimum absolute atomic E-state index is 0.0703. The van der Waals surface area contributed by atoms with Gasteiger partial charge in [0.15, 0.2) is 0 Å². The number of fused-ring (bicyclic) bond motifs is 11. The lowest BCUT2D eigenvalue weighted by Gasteiger charge is -2.36. The Morgan fingerprint density at radius 3 is 2.23 bits per heavy atom. The van der Waals surface area contributed by atoms with E-state index in [-0.39, 0.29) is 5.41 Å². The van der Waals surface area contributed by atoms with Crippen molar-refractivity contribution in [2.45, 2.75) is 31.5 Å². The molecule has 208 valence electrons. The molecule has 2 aliphatic carbocycles. The van der Waals surface area contributed by atoms with Crippen LogP contribution in [0.15, 0.2) is 133 Å². The van der Waals surface area contributed by atoms with Gasteiger partial charge in [-0.2, -0.15) is 0 Å². The maximum absolute atomic E-state index is 2.60. The molecule has 0 saturated carbocycles. The van der Waals surface area contributed by atoms with E-state index in [0.29, 0.717) is 12.5 Å². The van der Waals surface area contributed by atoms with Gasteiger partial charge in [-0.05, 0) is 86.7 Å². The molecule has 1 atom stereocenters. The third-order valence-electron chi connectivity index (χ3n) is 10.8. The van der Waals surface area contributed by atoms with E-state index in [1.807, 2.05) is 0 Å². The first kappa shape index (κ1) is 24.4. The number of aromatic nitrogens is 1. The SMILES string of the molecule is CC1(C)c2ccccc2-c2c1ccc1c3c(n(-c4ccccc4)c21)N(c1ccccc1)c1cccc2c1B3C1CC=CC=C21. The topological polar surface area (TPSA) is 8.17 Å². The van der Waals surface area contributed by atoms with Crippen LogP contribution in [0.2, 0.25) is 5.82 Å². The molecule has 6 aromatic rings. The van der Waals surface area contributed by atoms with Gasteiger partial charge in [0.05, 0.1) is 5.52 Å². The Morgan fingerprint density at radius 2 is 1.41 bits per heavy atom. The fourth-order valence-corrected chi connectivity index (χ4v) is 9.01. The molecule has 0 bridgehead atoms. The monoisotopic (exact) mass is 562 g/mol. The van der Waals surface area contributed by atoms with Gasteiger partial charge in [0.1, 0.15) is 5.82 Å². The van der Waals surface area contributed by atoms with E-state index in [1.54, 1.807) is 0 Å². The molecule has 0 fully saturated rings.